The molecular weight excluding hydrogens is 360 g/mol. The van der Waals surface area contributed by atoms with Gasteiger partial charge in [-0.2, -0.15) is 0 Å². The summed E-state index contributed by atoms with van der Waals surface area (Å²) in [7, 11) is 0. The zero-order valence-electron chi connectivity index (χ0n) is 14.1. The molecule has 0 spiro atoms. The predicted octanol–water partition coefficient (Wildman–Crippen LogP) is 0.409. The van der Waals surface area contributed by atoms with Crippen LogP contribution in [0.5, 0.6) is 0 Å². The Balaban J connectivity index is 1.89. The van der Waals surface area contributed by atoms with Crippen molar-refractivity contribution in [3.63, 3.8) is 0 Å². The molecule has 27 heavy (non-hydrogen) atoms. The van der Waals surface area contributed by atoms with Gasteiger partial charge in [-0.15, -0.1) is 0 Å². The second-order valence-corrected chi connectivity index (χ2v) is 5.88. The molecule has 2 fully saturated rings. The number of urea groups is 1. The van der Waals surface area contributed by atoms with Crippen molar-refractivity contribution < 1.29 is 29.2 Å². The van der Waals surface area contributed by atoms with Gasteiger partial charge in [0, 0.05) is 19.2 Å². The molecule has 0 radical (unpaired) electrons. The number of nitrogens with zero attached hydrogens (tertiary/aromatic N) is 3. The second kappa shape index (κ2) is 7.41. The largest absolute Gasteiger partial charge is 0.480 e. The summed E-state index contributed by atoms with van der Waals surface area (Å²) in [6.07, 6.45) is 1.28. The molecule has 0 bridgehead atoms. The lowest BCUT2D eigenvalue weighted by Gasteiger charge is -2.28. The summed E-state index contributed by atoms with van der Waals surface area (Å²) < 4.78 is 5.25. The number of amides is 3. The molecule has 1 aromatic carbocycles. The Morgan fingerprint density at radius 2 is 2.04 bits per heavy atom. The summed E-state index contributed by atoms with van der Waals surface area (Å²) in [5.74, 6) is -2.13. The summed E-state index contributed by atoms with van der Waals surface area (Å²) in [4.78, 5) is 47.9. The van der Waals surface area contributed by atoms with Crippen LogP contribution >= 0.6 is 0 Å². The van der Waals surface area contributed by atoms with Gasteiger partial charge in [-0.1, -0.05) is 6.07 Å². The third kappa shape index (κ3) is 3.87. The minimum Gasteiger partial charge on any atom is -0.480 e. The first kappa shape index (κ1) is 18.3. The number of nitro groups is 1. The van der Waals surface area contributed by atoms with Crippen LogP contribution in [0.2, 0.25) is 0 Å². The van der Waals surface area contributed by atoms with E-state index in [1.807, 2.05) is 4.90 Å². The lowest BCUT2D eigenvalue weighted by atomic mass is 10.1. The molecule has 2 aliphatic heterocycles. The quantitative estimate of drug-likeness (QED) is 0.326. The van der Waals surface area contributed by atoms with Crippen molar-refractivity contribution in [3.8, 4) is 0 Å². The molecule has 0 atom stereocenters. The smallest absolute Gasteiger partial charge is 0.329 e. The van der Waals surface area contributed by atoms with E-state index in [2.05, 4.69) is 5.32 Å². The molecule has 2 heterocycles. The van der Waals surface area contributed by atoms with Gasteiger partial charge >= 0.3 is 12.0 Å². The van der Waals surface area contributed by atoms with E-state index in [-0.39, 0.29) is 11.4 Å². The number of ether oxygens (including phenoxy) is 1. The third-order valence-electron chi connectivity index (χ3n) is 4.11. The molecule has 2 N–H and O–H groups in total. The van der Waals surface area contributed by atoms with Crippen molar-refractivity contribution in [2.75, 3.05) is 37.7 Å². The molecule has 1 aromatic rings. The number of rotatable bonds is 5. The lowest BCUT2D eigenvalue weighted by Crippen LogP contribution is -2.36. The zero-order valence-corrected chi connectivity index (χ0v) is 14.1. The van der Waals surface area contributed by atoms with Crippen LogP contribution in [0.1, 0.15) is 5.56 Å². The molecule has 2 saturated heterocycles. The first-order valence-electron chi connectivity index (χ1n) is 8.04. The molecule has 0 unspecified atom stereocenters. The van der Waals surface area contributed by atoms with Crippen molar-refractivity contribution in [3.05, 3.63) is 39.6 Å². The number of hydrogen-bond acceptors (Lipinski definition) is 7. The number of carbonyl (C=O) groups is 3. The molecular formula is C16H16N4O7. The standard InChI is InChI=1S/C16H16N4O7/c21-14(22)9-19-15(23)11(17-16(19)24)7-10-1-2-12(13(8-10)20(25)26)18-3-5-27-6-4-18/h1-2,7-8H,3-6,9H2,(H,17,24)(H,21,22)/b11-7+. The number of hydrogen-bond donors (Lipinski definition) is 2. The van der Waals surface area contributed by atoms with Crippen LogP contribution in [0.25, 0.3) is 6.08 Å². The van der Waals surface area contributed by atoms with E-state index >= 15 is 0 Å². The molecule has 142 valence electrons. The van der Waals surface area contributed by atoms with E-state index in [0.717, 1.165) is 0 Å². The number of imide groups is 1. The normalized spacial score (nSPS) is 18.7. The minimum absolute atomic E-state index is 0.134. The fraction of sp³-hybridized carbons (Fsp3) is 0.312. The third-order valence-corrected chi connectivity index (χ3v) is 4.11. The Bertz CT molecular complexity index is 845. The molecule has 11 nitrogen and oxygen atoms in total. The molecule has 0 saturated carbocycles. The average Bonchev–Trinajstić information content (AvgIpc) is 2.89. The van der Waals surface area contributed by atoms with Gasteiger partial charge in [0.2, 0.25) is 0 Å². The van der Waals surface area contributed by atoms with E-state index < -0.39 is 29.4 Å². The Labute approximate surface area is 152 Å². The molecule has 0 aliphatic carbocycles. The maximum Gasteiger partial charge on any atom is 0.329 e. The van der Waals surface area contributed by atoms with Crippen LogP contribution < -0.4 is 10.2 Å². The number of nitrogens with one attached hydrogen (secondary N) is 1. The number of aliphatic carboxylic acids is 1. The summed E-state index contributed by atoms with van der Waals surface area (Å²) in [6.45, 7) is 1.24. The van der Waals surface area contributed by atoms with Gasteiger partial charge in [-0.3, -0.25) is 19.7 Å². The van der Waals surface area contributed by atoms with E-state index in [0.29, 0.717) is 42.5 Å². The maximum absolute atomic E-state index is 12.1. The van der Waals surface area contributed by atoms with Crippen LogP contribution in [0.4, 0.5) is 16.2 Å². The van der Waals surface area contributed by atoms with Crippen LogP contribution in [0.3, 0.4) is 0 Å². The van der Waals surface area contributed by atoms with Crippen molar-refractivity contribution in [2.24, 2.45) is 0 Å². The highest BCUT2D eigenvalue weighted by Crippen LogP contribution is 2.30. The van der Waals surface area contributed by atoms with E-state index in [1.165, 1.54) is 12.1 Å². The van der Waals surface area contributed by atoms with Crippen LogP contribution in [-0.4, -0.2) is 65.7 Å². The number of carbonyl (C=O) groups excluding carboxylic acids is 2. The first-order chi connectivity index (χ1) is 12.9. The highest BCUT2D eigenvalue weighted by Gasteiger charge is 2.35. The molecule has 11 heteroatoms. The monoisotopic (exact) mass is 376 g/mol. The highest BCUT2D eigenvalue weighted by molar-refractivity contribution is 6.15. The second-order valence-electron chi connectivity index (χ2n) is 5.88. The summed E-state index contributed by atoms with van der Waals surface area (Å²) in [5.41, 5.74) is 0.499. The van der Waals surface area contributed by atoms with Crippen molar-refractivity contribution in [2.45, 2.75) is 0 Å². The molecule has 2 aliphatic rings. The Morgan fingerprint density at radius 1 is 1.33 bits per heavy atom. The fourth-order valence-corrected chi connectivity index (χ4v) is 2.87. The Kier molecular flexibility index (Phi) is 5.03. The highest BCUT2D eigenvalue weighted by atomic mass is 16.6. The SMILES string of the molecule is O=C(O)CN1C(=O)N/C(=C/c2ccc(N3CCOCC3)c([N+](=O)[O-])c2)C1=O. The number of anilines is 1. The predicted molar refractivity (Wildman–Crippen MR) is 92.0 cm³/mol. The summed E-state index contributed by atoms with van der Waals surface area (Å²) in [5, 5.41) is 22.5. The van der Waals surface area contributed by atoms with Gasteiger partial charge in [-0.25, -0.2) is 9.69 Å². The molecule has 3 rings (SSSR count). The van der Waals surface area contributed by atoms with E-state index in [1.54, 1.807) is 12.1 Å². The minimum atomic E-state index is -1.33. The van der Waals surface area contributed by atoms with Crippen LogP contribution in [0.15, 0.2) is 23.9 Å². The van der Waals surface area contributed by atoms with E-state index in [9.17, 15) is 24.5 Å². The number of benzene rings is 1. The zero-order chi connectivity index (χ0) is 19.6. The number of carboxylic acid groups (broad SMARTS) is 1. The lowest BCUT2D eigenvalue weighted by molar-refractivity contribution is -0.384. The van der Waals surface area contributed by atoms with Gasteiger partial charge in [0.25, 0.3) is 11.6 Å². The van der Waals surface area contributed by atoms with Gasteiger partial charge in [0.05, 0.1) is 18.1 Å². The van der Waals surface area contributed by atoms with Crippen LogP contribution in [0, 0.1) is 10.1 Å². The van der Waals surface area contributed by atoms with Crippen LogP contribution in [-0.2, 0) is 14.3 Å². The Hall–Kier alpha value is -3.47. The summed E-state index contributed by atoms with van der Waals surface area (Å²) in [6, 6.07) is 3.61. The number of morpholine rings is 1. The van der Waals surface area contributed by atoms with Crippen molar-refractivity contribution >= 4 is 35.4 Å². The van der Waals surface area contributed by atoms with Gasteiger partial charge in [0.15, 0.2) is 0 Å². The van der Waals surface area contributed by atoms with Gasteiger partial charge in [0.1, 0.15) is 17.9 Å². The van der Waals surface area contributed by atoms with Gasteiger partial charge in [-0.05, 0) is 17.7 Å². The van der Waals surface area contributed by atoms with Crippen molar-refractivity contribution in [1.82, 2.24) is 10.2 Å². The summed E-state index contributed by atoms with van der Waals surface area (Å²) >= 11 is 0. The molecule has 0 aromatic heterocycles. The van der Waals surface area contributed by atoms with E-state index in [4.69, 9.17) is 9.84 Å². The number of carboxylic acids is 1. The topological polar surface area (TPSA) is 142 Å². The Morgan fingerprint density at radius 3 is 2.67 bits per heavy atom. The average molecular weight is 376 g/mol. The molecule has 3 amide bonds. The first-order valence-corrected chi connectivity index (χ1v) is 8.04. The van der Waals surface area contributed by atoms with Crippen molar-refractivity contribution in [1.29, 1.82) is 0 Å². The van der Waals surface area contributed by atoms with Gasteiger partial charge < -0.3 is 20.1 Å². The fourth-order valence-electron chi connectivity index (χ4n) is 2.87. The maximum atomic E-state index is 12.1. The number of nitro benzene ring substituents is 1.